The van der Waals surface area contributed by atoms with Gasteiger partial charge in [-0.1, -0.05) is 27.7 Å². The van der Waals surface area contributed by atoms with Crippen molar-refractivity contribution in [2.24, 2.45) is 0 Å². The number of thioether (sulfide) groups is 1. The van der Waals surface area contributed by atoms with E-state index in [9.17, 15) is 9.59 Å². The van der Waals surface area contributed by atoms with Gasteiger partial charge in [-0.25, -0.2) is 4.79 Å². The summed E-state index contributed by atoms with van der Waals surface area (Å²) in [5.74, 6) is 0.0929. The summed E-state index contributed by atoms with van der Waals surface area (Å²) >= 11 is 4.70. The molecule has 0 bridgehead atoms. The number of rotatable bonds is 6. The van der Waals surface area contributed by atoms with Crippen LogP contribution in [0.25, 0.3) is 0 Å². The van der Waals surface area contributed by atoms with Gasteiger partial charge in [0, 0.05) is 33.8 Å². The minimum Gasteiger partial charge on any atom is -0.325 e. The lowest BCUT2D eigenvalue weighted by atomic mass is 10.2. The Morgan fingerprint density at radius 3 is 2.66 bits per heavy atom. The number of amides is 1. The summed E-state index contributed by atoms with van der Waals surface area (Å²) in [7, 11) is 0. The van der Waals surface area contributed by atoms with Gasteiger partial charge < -0.3 is 5.32 Å². The van der Waals surface area contributed by atoms with Gasteiger partial charge in [0.1, 0.15) is 5.03 Å². The summed E-state index contributed by atoms with van der Waals surface area (Å²) in [4.78, 5) is 33.3. The minimum absolute atomic E-state index is 0.119. The van der Waals surface area contributed by atoms with Crippen molar-refractivity contribution in [3.8, 4) is 0 Å². The lowest BCUT2D eigenvalue weighted by Crippen LogP contribution is -2.28. The van der Waals surface area contributed by atoms with E-state index in [0.717, 1.165) is 46.2 Å². The van der Waals surface area contributed by atoms with Crippen LogP contribution in [0, 0.1) is 0 Å². The van der Waals surface area contributed by atoms with Crippen molar-refractivity contribution in [3.05, 3.63) is 80.6 Å². The maximum atomic E-state index is 12.7. The first-order valence-electron chi connectivity index (χ1n) is 9.30. The second kappa shape index (κ2) is 8.92. The average molecular weight is 471 g/mol. The number of anilines is 1. The van der Waals surface area contributed by atoms with Crippen LogP contribution in [0.5, 0.6) is 0 Å². The topological polar surface area (TPSA) is 76.9 Å². The fourth-order valence-electron chi connectivity index (χ4n) is 3.40. The van der Waals surface area contributed by atoms with Crippen molar-refractivity contribution in [2.75, 3.05) is 11.1 Å². The Morgan fingerprint density at radius 1 is 1.14 bits per heavy atom. The molecule has 0 aliphatic heterocycles. The lowest BCUT2D eigenvalue weighted by molar-refractivity contribution is -0.113. The zero-order chi connectivity index (χ0) is 20.2. The Morgan fingerprint density at radius 2 is 1.90 bits per heavy atom. The molecule has 29 heavy (non-hydrogen) atoms. The van der Waals surface area contributed by atoms with Crippen molar-refractivity contribution >= 4 is 39.3 Å². The summed E-state index contributed by atoms with van der Waals surface area (Å²) < 4.78 is 2.71. The molecule has 4 rings (SSSR count). The number of nitrogens with zero attached hydrogens (tertiary/aromatic N) is 3. The fourth-order valence-corrected chi connectivity index (χ4v) is 4.54. The second-order valence-electron chi connectivity index (χ2n) is 6.76. The molecule has 148 valence electrons. The highest BCUT2D eigenvalue weighted by atomic mass is 79.9. The van der Waals surface area contributed by atoms with Crippen LogP contribution in [-0.2, 0) is 24.2 Å². The van der Waals surface area contributed by atoms with E-state index >= 15 is 0 Å². The van der Waals surface area contributed by atoms with Gasteiger partial charge in [-0.3, -0.25) is 14.3 Å². The number of hydrogen-bond donors (Lipinski definition) is 1. The van der Waals surface area contributed by atoms with Gasteiger partial charge >= 0.3 is 5.69 Å². The second-order valence-corrected chi connectivity index (χ2v) is 8.64. The van der Waals surface area contributed by atoms with Gasteiger partial charge in [0.25, 0.3) is 0 Å². The maximum absolute atomic E-state index is 12.7. The summed E-state index contributed by atoms with van der Waals surface area (Å²) in [6, 6.07) is 11.2. The van der Waals surface area contributed by atoms with E-state index in [1.807, 2.05) is 36.4 Å². The van der Waals surface area contributed by atoms with E-state index in [1.165, 1.54) is 11.8 Å². The first kappa shape index (κ1) is 19.8. The molecule has 2 aromatic heterocycles. The van der Waals surface area contributed by atoms with Gasteiger partial charge in [0.15, 0.2) is 0 Å². The molecule has 1 aliphatic rings. The Bertz CT molecular complexity index is 1080. The number of carbonyl (C=O) groups is 1. The normalized spacial score (nSPS) is 12.6. The van der Waals surface area contributed by atoms with Crippen LogP contribution in [0.15, 0.2) is 63.1 Å². The van der Waals surface area contributed by atoms with Crippen LogP contribution < -0.4 is 11.0 Å². The standard InChI is InChI=1S/C21H19BrN4O2S/c22-15-4-6-16(7-5-15)24-19(27)13-29-20-17-2-1-3-18(17)26(21(28)25-20)12-14-8-10-23-11-9-14/h4-11H,1-3,12-13H2,(H,24,27). The SMILES string of the molecule is O=C(CSc1nc(=O)n(Cc2ccncc2)c2c1CCC2)Nc1ccc(Br)cc1. The van der Waals surface area contributed by atoms with Crippen molar-refractivity contribution < 1.29 is 4.79 Å². The molecule has 0 saturated carbocycles. The third-order valence-corrected chi connectivity index (χ3v) is 6.31. The highest BCUT2D eigenvalue weighted by Gasteiger charge is 2.22. The number of benzene rings is 1. The summed E-state index contributed by atoms with van der Waals surface area (Å²) in [5, 5.41) is 3.55. The zero-order valence-corrected chi connectivity index (χ0v) is 18.0. The molecular formula is C21H19BrN4O2S. The van der Waals surface area contributed by atoms with E-state index in [1.54, 1.807) is 17.0 Å². The molecule has 0 saturated heterocycles. The number of fused-ring (bicyclic) bond motifs is 1. The van der Waals surface area contributed by atoms with E-state index < -0.39 is 0 Å². The molecule has 0 radical (unpaired) electrons. The number of pyridine rings is 1. The fraction of sp³-hybridized carbons (Fsp3) is 0.238. The van der Waals surface area contributed by atoms with E-state index in [0.29, 0.717) is 11.6 Å². The van der Waals surface area contributed by atoms with Crippen LogP contribution in [0.1, 0.15) is 23.2 Å². The van der Waals surface area contributed by atoms with Crippen molar-refractivity contribution in [3.63, 3.8) is 0 Å². The number of hydrogen-bond acceptors (Lipinski definition) is 5. The van der Waals surface area contributed by atoms with Crippen LogP contribution in [-0.4, -0.2) is 26.2 Å². The summed E-state index contributed by atoms with van der Waals surface area (Å²) in [6.07, 6.45) is 6.19. The number of nitrogens with one attached hydrogen (secondary N) is 1. The molecule has 1 aromatic carbocycles. The first-order valence-corrected chi connectivity index (χ1v) is 11.1. The lowest BCUT2D eigenvalue weighted by Gasteiger charge is -2.14. The number of halogens is 1. The monoisotopic (exact) mass is 470 g/mol. The van der Waals surface area contributed by atoms with Crippen molar-refractivity contribution in [1.82, 2.24) is 14.5 Å². The molecule has 0 unspecified atom stereocenters. The third kappa shape index (κ3) is 4.76. The van der Waals surface area contributed by atoms with Crippen LogP contribution in [0.4, 0.5) is 5.69 Å². The van der Waals surface area contributed by atoms with Gasteiger partial charge in [-0.15, -0.1) is 0 Å². The number of carbonyl (C=O) groups excluding carboxylic acids is 1. The Kier molecular flexibility index (Phi) is 6.10. The molecular weight excluding hydrogens is 452 g/mol. The zero-order valence-electron chi connectivity index (χ0n) is 15.6. The smallest absolute Gasteiger partial charge is 0.325 e. The molecule has 0 atom stereocenters. The molecule has 3 aromatic rings. The summed E-state index contributed by atoms with van der Waals surface area (Å²) in [5.41, 5.74) is 3.63. The van der Waals surface area contributed by atoms with Gasteiger partial charge in [-0.2, -0.15) is 4.98 Å². The predicted molar refractivity (Wildman–Crippen MR) is 117 cm³/mol. The van der Waals surface area contributed by atoms with Gasteiger partial charge in [0.2, 0.25) is 5.91 Å². The van der Waals surface area contributed by atoms with Gasteiger partial charge in [0.05, 0.1) is 12.3 Å². The Balaban J connectivity index is 1.49. The number of aromatic nitrogens is 3. The quantitative estimate of drug-likeness (QED) is 0.439. The first-order chi connectivity index (χ1) is 14.1. The molecule has 1 amide bonds. The van der Waals surface area contributed by atoms with E-state index in [-0.39, 0.29) is 17.3 Å². The van der Waals surface area contributed by atoms with E-state index in [4.69, 9.17) is 0 Å². The third-order valence-electron chi connectivity index (χ3n) is 4.76. The molecule has 8 heteroatoms. The highest BCUT2D eigenvalue weighted by Crippen LogP contribution is 2.29. The molecule has 6 nitrogen and oxygen atoms in total. The van der Waals surface area contributed by atoms with E-state index in [2.05, 4.69) is 31.2 Å². The van der Waals surface area contributed by atoms with Crippen molar-refractivity contribution in [2.45, 2.75) is 30.8 Å². The van der Waals surface area contributed by atoms with Crippen LogP contribution >= 0.6 is 27.7 Å². The largest absolute Gasteiger partial charge is 0.349 e. The Labute approximate surface area is 180 Å². The minimum atomic E-state index is -0.265. The van der Waals surface area contributed by atoms with Crippen LogP contribution in [0.2, 0.25) is 0 Å². The molecule has 1 aliphatic carbocycles. The van der Waals surface area contributed by atoms with Gasteiger partial charge in [-0.05, 0) is 61.2 Å². The molecule has 2 heterocycles. The van der Waals surface area contributed by atoms with Crippen molar-refractivity contribution in [1.29, 1.82) is 0 Å². The molecule has 0 spiro atoms. The Hall–Kier alpha value is -2.45. The molecule has 1 N–H and O–H groups in total. The highest BCUT2D eigenvalue weighted by molar-refractivity contribution is 9.10. The average Bonchev–Trinajstić information content (AvgIpc) is 3.21. The maximum Gasteiger partial charge on any atom is 0.349 e. The predicted octanol–water partition coefficient (Wildman–Crippen LogP) is 3.67. The molecule has 0 fully saturated rings. The van der Waals surface area contributed by atoms with Crippen LogP contribution in [0.3, 0.4) is 0 Å². The summed E-state index contributed by atoms with van der Waals surface area (Å²) in [6.45, 7) is 0.492.